The van der Waals surface area contributed by atoms with E-state index in [0.717, 1.165) is 21.1 Å². The summed E-state index contributed by atoms with van der Waals surface area (Å²) in [5, 5.41) is 2.90. The van der Waals surface area contributed by atoms with Crippen LogP contribution in [0.3, 0.4) is 0 Å². The second kappa shape index (κ2) is 8.54. The van der Waals surface area contributed by atoms with Gasteiger partial charge in [-0.3, -0.25) is 4.79 Å². The summed E-state index contributed by atoms with van der Waals surface area (Å²) in [6.45, 7) is 3.95. The van der Waals surface area contributed by atoms with E-state index in [1.54, 1.807) is 12.1 Å². The Bertz CT molecular complexity index is 937. The Labute approximate surface area is 161 Å². The molecule has 0 bridgehead atoms. The van der Waals surface area contributed by atoms with E-state index in [-0.39, 0.29) is 17.2 Å². The molecule has 0 saturated heterocycles. The monoisotopic (exact) mass is 390 g/mol. The molecule has 0 heterocycles. The number of amides is 1. The summed E-state index contributed by atoms with van der Waals surface area (Å²) in [7, 11) is 0.944. The van der Waals surface area contributed by atoms with E-state index in [1.807, 2.05) is 32.0 Å². The third-order valence-corrected chi connectivity index (χ3v) is 6.12. The van der Waals surface area contributed by atoms with Crippen molar-refractivity contribution in [3.63, 3.8) is 0 Å². The number of rotatable bonds is 7. The maximum absolute atomic E-state index is 12.3. The molecular formula is C20H26N2O4S. The van der Waals surface area contributed by atoms with Crippen LogP contribution in [0, 0.1) is 13.8 Å². The number of hydrogen-bond donors (Lipinski definition) is 1. The van der Waals surface area contributed by atoms with E-state index in [9.17, 15) is 13.2 Å². The fraction of sp³-hybridized carbons (Fsp3) is 0.350. The minimum atomic E-state index is -3.54. The number of carbonyl (C=O) groups is 1. The Morgan fingerprint density at radius 1 is 1.11 bits per heavy atom. The first kappa shape index (κ1) is 20.9. The molecule has 2 aromatic rings. The van der Waals surface area contributed by atoms with E-state index >= 15 is 0 Å². The van der Waals surface area contributed by atoms with Crippen LogP contribution in [0.15, 0.2) is 41.3 Å². The lowest BCUT2D eigenvalue weighted by atomic mass is 10.1. The molecular weight excluding hydrogens is 364 g/mol. The first-order valence-electron chi connectivity index (χ1n) is 8.61. The van der Waals surface area contributed by atoms with Crippen LogP contribution in [-0.4, -0.2) is 39.8 Å². The van der Waals surface area contributed by atoms with Gasteiger partial charge in [0, 0.05) is 26.2 Å². The number of carbonyl (C=O) groups excluding carboxylic acids is 1. The van der Waals surface area contributed by atoms with Crippen LogP contribution in [0.5, 0.6) is 5.75 Å². The number of aryl methyl sites for hydroxylation is 3. The van der Waals surface area contributed by atoms with Crippen LogP contribution < -0.4 is 10.1 Å². The summed E-state index contributed by atoms with van der Waals surface area (Å²) in [5.74, 6) is 0.428. The maximum atomic E-state index is 12.3. The number of nitrogens with one attached hydrogen (secondary N) is 1. The largest absolute Gasteiger partial charge is 0.496 e. The minimum absolute atomic E-state index is 0.134. The molecule has 27 heavy (non-hydrogen) atoms. The number of methoxy groups -OCH3 is 1. The lowest BCUT2D eigenvalue weighted by Crippen LogP contribution is -2.22. The Morgan fingerprint density at radius 3 is 2.41 bits per heavy atom. The fourth-order valence-electron chi connectivity index (χ4n) is 2.74. The highest BCUT2D eigenvalue weighted by molar-refractivity contribution is 7.89. The van der Waals surface area contributed by atoms with Crippen LogP contribution in [0.4, 0.5) is 5.69 Å². The van der Waals surface area contributed by atoms with Crippen molar-refractivity contribution in [3.8, 4) is 5.75 Å². The average molecular weight is 391 g/mol. The SMILES string of the molecule is COc1ccc(S(=O)(=O)N(C)C)cc1CCC(=O)Nc1ccc(C)cc1C. The summed E-state index contributed by atoms with van der Waals surface area (Å²) in [6, 6.07) is 10.5. The highest BCUT2D eigenvalue weighted by Crippen LogP contribution is 2.25. The number of benzene rings is 2. The zero-order valence-corrected chi connectivity index (χ0v) is 17.2. The second-order valence-electron chi connectivity index (χ2n) is 6.63. The lowest BCUT2D eigenvalue weighted by Gasteiger charge is -2.15. The maximum Gasteiger partial charge on any atom is 0.242 e. The van der Waals surface area contributed by atoms with Gasteiger partial charge in [-0.15, -0.1) is 0 Å². The predicted octanol–water partition coefficient (Wildman–Crippen LogP) is 3.13. The Balaban J connectivity index is 2.15. The molecule has 0 aliphatic carbocycles. The molecule has 146 valence electrons. The predicted molar refractivity (Wildman–Crippen MR) is 107 cm³/mol. The Morgan fingerprint density at radius 2 is 1.81 bits per heavy atom. The van der Waals surface area contributed by atoms with Crippen LogP contribution in [0.25, 0.3) is 0 Å². The molecule has 0 aromatic heterocycles. The van der Waals surface area contributed by atoms with Crippen LogP contribution >= 0.6 is 0 Å². The molecule has 0 radical (unpaired) electrons. The van der Waals surface area contributed by atoms with Gasteiger partial charge in [-0.25, -0.2) is 12.7 Å². The summed E-state index contributed by atoms with van der Waals surface area (Å²) in [4.78, 5) is 12.5. The molecule has 0 spiro atoms. The molecule has 6 nitrogen and oxygen atoms in total. The number of hydrogen-bond acceptors (Lipinski definition) is 4. The minimum Gasteiger partial charge on any atom is -0.496 e. The summed E-state index contributed by atoms with van der Waals surface area (Å²) < 4.78 is 31.1. The van der Waals surface area contributed by atoms with Crippen molar-refractivity contribution in [2.75, 3.05) is 26.5 Å². The normalized spacial score (nSPS) is 11.5. The van der Waals surface area contributed by atoms with Gasteiger partial charge in [-0.2, -0.15) is 0 Å². The second-order valence-corrected chi connectivity index (χ2v) is 8.78. The third kappa shape index (κ3) is 5.08. The fourth-order valence-corrected chi connectivity index (χ4v) is 3.69. The summed E-state index contributed by atoms with van der Waals surface area (Å²) in [6.07, 6.45) is 0.589. The van der Waals surface area contributed by atoms with E-state index in [1.165, 1.54) is 27.3 Å². The molecule has 0 saturated carbocycles. The van der Waals surface area contributed by atoms with E-state index < -0.39 is 10.0 Å². The third-order valence-electron chi connectivity index (χ3n) is 4.31. The zero-order valence-electron chi connectivity index (χ0n) is 16.4. The molecule has 1 N–H and O–H groups in total. The highest BCUT2D eigenvalue weighted by atomic mass is 32.2. The first-order valence-corrected chi connectivity index (χ1v) is 10.1. The molecule has 1 amide bonds. The Kier molecular flexibility index (Phi) is 6.62. The standard InChI is InChI=1S/C20H26N2O4S/c1-14-6-9-18(15(2)12-14)21-20(23)11-7-16-13-17(8-10-19(16)26-5)27(24,25)22(3)4/h6,8-10,12-13H,7,11H2,1-5H3,(H,21,23). The van der Waals surface area contributed by atoms with Crippen molar-refractivity contribution in [3.05, 3.63) is 53.1 Å². The number of ether oxygens (including phenoxy) is 1. The molecule has 0 fully saturated rings. The molecule has 2 aromatic carbocycles. The van der Waals surface area contributed by atoms with Crippen LogP contribution in [-0.2, 0) is 21.2 Å². The van der Waals surface area contributed by atoms with Crippen molar-refractivity contribution in [1.29, 1.82) is 0 Å². The van der Waals surface area contributed by atoms with Gasteiger partial charge in [0.2, 0.25) is 15.9 Å². The van der Waals surface area contributed by atoms with Gasteiger partial charge < -0.3 is 10.1 Å². The van der Waals surface area contributed by atoms with Crippen LogP contribution in [0.1, 0.15) is 23.1 Å². The van der Waals surface area contributed by atoms with Gasteiger partial charge >= 0.3 is 0 Å². The summed E-state index contributed by atoms with van der Waals surface area (Å²) >= 11 is 0. The van der Waals surface area contributed by atoms with Gasteiger partial charge in [0.1, 0.15) is 5.75 Å². The van der Waals surface area contributed by atoms with E-state index in [2.05, 4.69) is 5.32 Å². The van der Waals surface area contributed by atoms with E-state index in [4.69, 9.17) is 4.74 Å². The summed E-state index contributed by atoms with van der Waals surface area (Å²) in [5.41, 5.74) is 3.59. The molecule has 2 rings (SSSR count). The molecule has 7 heteroatoms. The van der Waals surface area contributed by atoms with Gasteiger partial charge in [-0.1, -0.05) is 17.7 Å². The number of sulfonamides is 1. The number of nitrogens with zero attached hydrogens (tertiary/aromatic N) is 1. The molecule has 0 aliphatic heterocycles. The quantitative estimate of drug-likeness (QED) is 0.788. The van der Waals surface area contributed by atoms with Crippen molar-refractivity contribution >= 4 is 21.6 Å². The van der Waals surface area contributed by atoms with Crippen molar-refractivity contribution < 1.29 is 17.9 Å². The topological polar surface area (TPSA) is 75.7 Å². The zero-order chi connectivity index (χ0) is 20.2. The first-order chi connectivity index (χ1) is 12.6. The lowest BCUT2D eigenvalue weighted by molar-refractivity contribution is -0.116. The van der Waals surface area contributed by atoms with Crippen molar-refractivity contribution in [2.45, 2.75) is 31.6 Å². The smallest absolute Gasteiger partial charge is 0.242 e. The molecule has 0 aliphatic rings. The average Bonchev–Trinajstić information content (AvgIpc) is 2.61. The molecule has 0 atom stereocenters. The van der Waals surface area contributed by atoms with Gasteiger partial charge in [0.15, 0.2) is 0 Å². The number of anilines is 1. The van der Waals surface area contributed by atoms with Gasteiger partial charge in [0.25, 0.3) is 0 Å². The van der Waals surface area contributed by atoms with E-state index in [0.29, 0.717) is 17.7 Å². The van der Waals surface area contributed by atoms with Gasteiger partial charge in [-0.05, 0) is 55.7 Å². The van der Waals surface area contributed by atoms with Gasteiger partial charge in [0.05, 0.1) is 12.0 Å². The Hall–Kier alpha value is -2.38. The highest BCUT2D eigenvalue weighted by Gasteiger charge is 2.19. The van der Waals surface area contributed by atoms with Crippen molar-refractivity contribution in [1.82, 2.24) is 4.31 Å². The van der Waals surface area contributed by atoms with Crippen LogP contribution in [0.2, 0.25) is 0 Å². The van der Waals surface area contributed by atoms with Crippen molar-refractivity contribution in [2.24, 2.45) is 0 Å². The molecule has 0 unspecified atom stereocenters.